The highest BCUT2D eigenvalue weighted by Crippen LogP contribution is 2.25. The zero-order valence-electron chi connectivity index (χ0n) is 10.0. The molecule has 2 N–H and O–H groups in total. The Morgan fingerprint density at radius 2 is 2.05 bits per heavy atom. The fraction of sp³-hybridized carbons (Fsp3) is 0. The van der Waals surface area contributed by atoms with E-state index in [2.05, 4.69) is 21.2 Å². The van der Waals surface area contributed by atoms with Gasteiger partial charge in [-0.15, -0.1) is 0 Å². The number of nitrogens with one attached hydrogen (secondary N) is 1. The van der Waals surface area contributed by atoms with E-state index in [0.717, 1.165) is 4.47 Å². The first-order chi connectivity index (χ1) is 9.51. The molecule has 0 bridgehead atoms. The maximum atomic E-state index is 12.1. The van der Waals surface area contributed by atoms with Crippen molar-refractivity contribution in [2.45, 2.75) is 0 Å². The number of anilines is 1. The lowest BCUT2D eigenvalue weighted by Gasteiger charge is -2.08. The summed E-state index contributed by atoms with van der Waals surface area (Å²) in [6.45, 7) is 0. The monoisotopic (exact) mass is 350 g/mol. The molecule has 0 saturated heterocycles. The average Bonchev–Trinajstić information content (AvgIpc) is 2.43. The summed E-state index contributed by atoms with van der Waals surface area (Å²) in [7, 11) is 0. The van der Waals surface area contributed by atoms with Gasteiger partial charge >= 0.3 is 0 Å². The summed E-state index contributed by atoms with van der Waals surface area (Å²) in [5, 5.41) is 21.1. The number of benzene rings is 2. The minimum Gasteiger partial charge on any atom is -0.506 e. The lowest BCUT2D eigenvalue weighted by molar-refractivity contribution is 0.102. The van der Waals surface area contributed by atoms with E-state index in [1.165, 1.54) is 18.2 Å². The molecule has 0 radical (unpaired) electrons. The van der Waals surface area contributed by atoms with E-state index in [1.54, 1.807) is 18.2 Å². The number of nitrogens with zero attached hydrogens (tertiary/aromatic N) is 1. The molecule has 0 atom stereocenters. The third kappa shape index (κ3) is 3.10. The largest absolute Gasteiger partial charge is 0.506 e. The van der Waals surface area contributed by atoms with Crippen LogP contribution in [-0.4, -0.2) is 11.0 Å². The average molecular weight is 352 g/mol. The Kier molecular flexibility index (Phi) is 4.28. The topological polar surface area (TPSA) is 73.1 Å². The van der Waals surface area contributed by atoms with Crippen LogP contribution in [0.25, 0.3) is 0 Å². The number of hydrogen-bond acceptors (Lipinski definition) is 3. The second kappa shape index (κ2) is 5.95. The van der Waals surface area contributed by atoms with E-state index in [1.807, 2.05) is 6.07 Å². The number of aromatic hydroxyl groups is 1. The predicted octanol–water partition coefficient (Wildman–Crippen LogP) is 3.93. The van der Waals surface area contributed by atoms with Crippen LogP contribution >= 0.6 is 27.5 Å². The van der Waals surface area contributed by atoms with Crippen molar-refractivity contribution < 1.29 is 9.90 Å². The number of nitriles is 1. The molecule has 0 fully saturated rings. The van der Waals surface area contributed by atoms with Crippen molar-refractivity contribution in [1.29, 1.82) is 5.26 Å². The van der Waals surface area contributed by atoms with Crippen molar-refractivity contribution in [3.05, 3.63) is 57.0 Å². The van der Waals surface area contributed by atoms with Gasteiger partial charge in [-0.25, -0.2) is 0 Å². The Morgan fingerprint density at radius 3 is 2.70 bits per heavy atom. The highest BCUT2D eigenvalue weighted by atomic mass is 79.9. The SMILES string of the molecule is N#Cc1cc(Br)ccc1NC(=O)c1ccc(O)c(Cl)c1. The first-order valence-corrected chi connectivity index (χ1v) is 6.68. The number of hydrogen-bond donors (Lipinski definition) is 2. The number of amides is 1. The molecule has 2 rings (SSSR count). The second-order valence-corrected chi connectivity index (χ2v) is 5.24. The fourth-order valence-corrected chi connectivity index (χ4v) is 2.10. The molecule has 0 saturated carbocycles. The molecule has 100 valence electrons. The van der Waals surface area contributed by atoms with Crippen molar-refractivity contribution in [2.24, 2.45) is 0 Å². The van der Waals surface area contributed by atoms with E-state index in [-0.39, 0.29) is 10.8 Å². The van der Waals surface area contributed by atoms with Crippen molar-refractivity contribution in [1.82, 2.24) is 0 Å². The molecule has 0 spiro atoms. The molecule has 0 aliphatic heterocycles. The van der Waals surface area contributed by atoms with Gasteiger partial charge in [-0.05, 0) is 36.4 Å². The number of phenols is 1. The van der Waals surface area contributed by atoms with Crippen molar-refractivity contribution in [2.75, 3.05) is 5.32 Å². The van der Waals surface area contributed by atoms with Gasteiger partial charge in [-0.3, -0.25) is 4.79 Å². The highest BCUT2D eigenvalue weighted by Gasteiger charge is 2.11. The lowest BCUT2D eigenvalue weighted by Crippen LogP contribution is -2.12. The molecule has 2 aromatic rings. The van der Waals surface area contributed by atoms with Gasteiger partial charge in [0.15, 0.2) is 0 Å². The third-order valence-corrected chi connectivity index (χ3v) is 3.36. The zero-order chi connectivity index (χ0) is 14.7. The van der Waals surface area contributed by atoms with Crippen LogP contribution in [-0.2, 0) is 0 Å². The van der Waals surface area contributed by atoms with Crippen LogP contribution < -0.4 is 5.32 Å². The first kappa shape index (κ1) is 14.4. The highest BCUT2D eigenvalue weighted by molar-refractivity contribution is 9.10. The Balaban J connectivity index is 2.28. The quantitative estimate of drug-likeness (QED) is 0.861. The molecule has 1 amide bonds. The Labute approximate surface area is 128 Å². The van der Waals surface area contributed by atoms with E-state index in [0.29, 0.717) is 16.8 Å². The standard InChI is InChI=1S/C14H8BrClN2O2/c15-10-2-3-12(9(5-10)7-17)18-14(20)8-1-4-13(19)11(16)6-8/h1-6,19H,(H,18,20). The summed E-state index contributed by atoms with van der Waals surface area (Å²) in [5.74, 6) is -0.504. The van der Waals surface area contributed by atoms with Gasteiger partial charge in [-0.2, -0.15) is 5.26 Å². The van der Waals surface area contributed by atoms with Gasteiger partial charge in [0.25, 0.3) is 5.91 Å². The molecule has 0 heterocycles. The fourth-order valence-electron chi connectivity index (χ4n) is 1.56. The van der Waals surface area contributed by atoms with Crippen LogP contribution in [0.2, 0.25) is 5.02 Å². The van der Waals surface area contributed by atoms with Crippen LogP contribution in [0, 0.1) is 11.3 Å². The Bertz CT molecular complexity index is 726. The van der Waals surface area contributed by atoms with Crippen LogP contribution in [0.5, 0.6) is 5.75 Å². The number of carbonyl (C=O) groups excluding carboxylic acids is 1. The van der Waals surface area contributed by atoms with Crippen molar-refractivity contribution in [3.8, 4) is 11.8 Å². The summed E-state index contributed by atoms with van der Waals surface area (Å²) in [6.07, 6.45) is 0. The molecule has 2 aromatic carbocycles. The van der Waals surface area contributed by atoms with Gasteiger partial charge in [0.1, 0.15) is 11.8 Å². The summed E-state index contributed by atoms with van der Waals surface area (Å²) >= 11 is 9.01. The minimum absolute atomic E-state index is 0.0916. The predicted molar refractivity (Wildman–Crippen MR) is 79.9 cm³/mol. The van der Waals surface area contributed by atoms with Gasteiger partial charge < -0.3 is 10.4 Å². The van der Waals surface area contributed by atoms with Crippen LogP contribution in [0.15, 0.2) is 40.9 Å². The molecule has 20 heavy (non-hydrogen) atoms. The molecule has 4 nitrogen and oxygen atoms in total. The molecular weight excluding hydrogens is 344 g/mol. The maximum Gasteiger partial charge on any atom is 0.255 e. The molecule has 0 aromatic heterocycles. The van der Waals surface area contributed by atoms with Crippen LogP contribution in [0.4, 0.5) is 5.69 Å². The molecule has 0 aliphatic carbocycles. The second-order valence-electron chi connectivity index (χ2n) is 3.92. The summed E-state index contributed by atoms with van der Waals surface area (Å²) in [5.41, 5.74) is 1.04. The van der Waals surface area contributed by atoms with Crippen LogP contribution in [0.1, 0.15) is 15.9 Å². The smallest absolute Gasteiger partial charge is 0.255 e. The molecule has 0 aliphatic rings. The first-order valence-electron chi connectivity index (χ1n) is 5.51. The van der Waals surface area contributed by atoms with Gasteiger partial charge in [0, 0.05) is 10.0 Å². The Morgan fingerprint density at radius 1 is 1.30 bits per heavy atom. The van der Waals surface area contributed by atoms with E-state index in [4.69, 9.17) is 16.9 Å². The maximum absolute atomic E-state index is 12.1. The lowest BCUT2D eigenvalue weighted by atomic mass is 10.1. The molecule has 6 heteroatoms. The number of phenolic OH excluding ortho intramolecular Hbond substituents is 1. The zero-order valence-corrected chi connectivity index (χ0v) is 12.4. The van der Waals surface area contributed by atoms with Crippen molar-refractivity contribution >= 4 is 39.1 Å². The number of halogens is 2. The van der Waals surface area contributed by atoms with E-state index in [9.17, 15) is 9.90 Å². The van der Waals surface area contributed by atoms with Gasteiger partial charge in [0.05, 0.1) is 16.3 Å². The molecule has 0 unspecified atom stereocenters. The summed E-state index contributed by atoms with van der Waals surface area (Å²) in [4.78, 5) is 12.1. The number of carbonyl (C=O) groups is 1. The van der Waals surface area contributed by atoms with Crippen LogP contribution in [0.3, 0.4) is 0 Å². The summed E-state index contributed by atoms with van der Waals surface area (Å²) < 4.78 is 0.750. The number of rotatable bonds is 2. The minimum atomic E-state index is -0.411. The molecular formula is C14H8BrClN2O2. The normalized spacial score (nSPS) is 9.85. The van der Waals surface area contributed by atoms with E-state index >= 15 is 0 Å². The third-order valence-electron chi connectivity index (χ3n) is 2.56. The summed E-state index contributed by atoms with van der Waals surface area (Å²) in [6, 6.07) is 11.1. The Hall–Kier alpha value is -2.03. The van der Waals surface area contributed by atoms with E-state index < -0.39 is 5.91 Å². The van der Waals surface area contributed by atoms with Gasteiger partial charge in [0.2, 0.25) is 0 Å². The van der Waals surface area contributed by atoms with Gasteiger partial charge in [-0.1, -0.05) is 27.5 Å². The van der Waals surface area contributed by atoms with Crippen molar-refractivity contribution in [3.63, 3.8) is 0 Å².